The summed E-state index contributed by atoms with van der Waals surface area (Å²) >= 11 is 0. The highest BCUT2D eigenvalue weighted by Gasteiger charge is 2.41. The van der Waals surface area contributed by atoms with Crippen LogP contribution in [0.15, 0.2) is 24.3 Å². The standard InChI is InChI=1S/C14H19NO/c15-14(12-7-9-16-10-12)8-3-5-11-4-1-2-6-13(11)14/h1-2,4,6,12H,3,5,7-10,15H2. The molecule has 86 valence electrons. The van der Waals surface area contributed by atoms with E-state index in [9.17, 15) is 0 Å². The van der Waals surface area contributed by atoms with E-state index < -0.39 is 0 Å². The zero-order valence-corrected chi connectivity index (χ0v) is 9.61. The van der Waals surface area contributed by atoms with E-state index >= 15 is 0 Å². The van der Waals surface area contributed by atoms with Crippen molar-refractivity contribution in [1.82, 2.24) is 0 Å². The number of fused-ring (bicyclic) bond motifs is 1. The van der Waals surface area contributed by atoms with Gasteiger partial charge in [0.15, 0.2) is 0 Å². The lowest BCUT2D eigenvalue weighted by Gasteiger charge is -2.40. The van der Waals surface area contributed by atoms with Crippen molar-refractivity contribution in [3.63, 3.8) is 0 Å². The molecule has 2 heteroatoms. The molecule has 2 unspecified atom stereocenters. The first-order valence-corrected chi connectivity index (χ1v) is 6.26. The topological polar surface area (TPSA) is 35.2 Å². The second-order valence-electron chi connectivity index (χ2n) is 5.11. The van der Waals surface area contributed by atoms with Gasteiger partial charge in [0.2, 0.25) is 0 Å². The molecule has 0 radical (unpaired) electrons. The summed E-state index contributed by atoms with van der Waals surface area (Å²) in [6, 6.07) is 8.68. The van der Waals surface area contributed by atoms with Gasteiger partial charge in [-0.3, -0.25) is 0 Å². The van der Waals surface area contributed by atoms with Crippen LogP contribution in [0.1, 0.15) is 30.4 Å². The van der Waals surface area contributed by atoms with Crippen molar-refractivity contribution < 1.29 is 4.74 Å². The molecule has 2 aliphatic rings. The largest absolute Gasteiger partial charge is 0.381 e. The second-order valence-corrected chi connectivity index (χ2v) is 5.11. The monoisotopic (exact) mass is 217 g/mol. The third-order valence-corrected chi connectivity index (χ3v) is 4.21. The maximum absolute atomic E-state index is 6.70. The number of hydrogen-bond acceptors (Lipinski definition) is 2. The minimum absolute atomic E-state index is 0.134. The van der Waals surface area contributed by atoms with Gasteiger partial charge in [0.25, 0.3) is 0 Å². The van der Waals surface area contributed by atoms with Gasteiger partial charge in [-0.25, -0.2) is 0 Å². The molecule has 16 heavy (non-hydrogen) atoms. The molecule has 1 saturated heterocycles. The van der Waals surface area contributed by atoms with Crippen molar-refractivity contribution >= 4 is 0 Å². The number of aryl methyl sites for hydroxylation is 1. The third-order valence-electron chi connectivity index (χ3n) is 4.21. The van der Waals surface area contributed by atoms with Crippen LogP contribution in [0, 0.1) is 5.92 Å². The molecule has 0 aromatic heterocycles. The molecule has 3 rings (SSSR count). The van der Waals surface area contributed by atoms with Gasteiger partial charge in [-0.2, -0.15) is 0 Å². The maximum atomic E-state index is 6.70. The molecule has 1 aliphatic carbocycles. The fourth-order valence-electron chi connectivity index (χ4n) is 3.26. The average molecular weight is 217 g/mol. The van der Waals surface area contributed by atoms with Crippen LogP contribution in [0.5, 0.6) is 0 Å². The minimum atomic E-state index is -0.134. The number of ether oxygens (including phenoxy) is 1. The molecular weight excluding hydrogens is 198 g/mol. The van der Waals surface area contributed by atoms with Crippen LogP contribution >= 0.6 is 0 Å². The lowest BCUT2D eigenvalue weighted by Crippen LogP contribution is -2.47. The molecule has 1 heterocycles. The molecule has 2 N–H and O–H groups in total. The van der Waals surface area contributed by atoms with Crippen LogP contribution < -0.4 is 5.73 Å². The summed E-state index contributed by atoms with van der Waals surface area (Å²) in [6.45, 7) is 1.72. The Morgan fingerprint density at radius 3 is 3.00 bits per heavy atom. The van der Waals surface area contributed by atoms with Crippen LogP contribution in [0.2, 0.25) is 0 Å². The molecule has 0 bridgehead atoms. The van der Waals surface area contributed by atoms with Crippen LogP contribution in [-0.2, 0) is 16.7 Å². The Bertz CT molecular complexity index is 384. The van der Waals surface area contributed by atoms with Crippen molar-refractivity contribution in [3.8, 4) is 0 Å². The van der Waals surface area contributed by atoms with Crippen molar-refractivity contribution in [3.05, 3.63) is 35.4 Å². The normalized spacial score (nSPS) is 33.7. The predicted octanol–water partition coefficient (Wildman–Crippen LogP) is 2.21. The summed E-state index contributed by atoms with van der Waals surface area (Å²) in [5, 5.41) is 0. The molecule has 0 spiro atoms. The molecule has 1 fully saturated rings. The van der Waals surface area contributed by atoms with Gasteiger partial charge in [-0.15, -0.1) is 0 Å². The van der Waals surface area contributed by atoms with Crippen molar-refractivity contribution in [1.29, 1.82) is 0 Å². The fraction of sp³-hybridized carbons (Fsp3) is 0.571. The van der Waals surface area contributed by atoms with Crippen LogP contribution in [-0.4, -0.2) is 13.2 Å². The fourth-order valence-corrected chi connectivity index (χ4v) is 3.26. The Balaban J connectivity index is 2.02. The Labute approximate surface area is 96.8 Å². The summed E-state index contributed by atoms with van der Waals surface area (Å²) in [7, 11) is 0. The van der Waals surface area contributed by atoms with E-state index in [4.69, 9.17) is 10.5 Å². The highest BCUT2D eigenvalue weighted by molar-refractivity contribution is 5.36. The molecule has 1 aromatic rings. The Morgan fingerprint density at radius 2 is 2.19 bits per heavy atom. The Morgan fingerprint density at radius 1 is 1.31 bits per heavy atom. The van der Waals surface area contributed by atoms with E-state index in [1.165, 1.54) is 24.0 Å². The van der Waals surface area contributed by atoms with Gasteiger partial charge in [0.05, 0.1) is 6.61 Å². The molecule has 1 aliphatic heterocycles. The van der Waals surface area contributed by atoms with E-state index in [0.29, 0.717) is 5.92 Å². The average Bonchev–Trinajstić information content (AvgIpc) is 2.84. The maximum Gasteiger partial charge on any atom is 0.0516 e. The van der Waals surface area contributed by atoms with Gasteiger partial charge < -0.3 is 10.5 Å². The number of benzene rings is 1. The highest BCUT2D eigenvalue weighted by atomic mass is 16.5. The Kier molecular flexibility index (Phi) is 2.49. The van der Waals surface area contributed by atoms with Crippen molar-refractivity contribution in [2.75, 3.05) is 13.2 Å². The summed E-state index contributed by atoms with van der Waals surface area (Å²) in [6.07, 6.45) is 4.62. The van der Waals surface area contributed by atoms with E-state index in [1.807, 2.05) is 0 Å². The lowest BCUT2D eigenvalue weighted by molar-refractivity contribution is 0.154. The Hall–Kier alpha value is -0.860. The molecule has 2 atom stereocenters. The van der Waals surface area contributed by atoms with Crippen molar-refractivity contribution in [2.24, 2.45) is 11.7 Å². The van der Waals surface area contributed by atoms with Gasteiger partial charge in [-0.05, 0) is 36.8 Å². The first-order chi connectivity index (χ1) is 7.81. The lowest BCUT2D eigenvalue weighted by atomic mass is 9.69. The second kappa shape index (κ2) is 3.86. The van der Waals surface area contributed by atoms with E-state index in [2.05, 4.69) is 24.3 Å². The van der Waals surface area contributed by atoms with E-state index in [-0.39, 0.29) is 5.54 Å². The molecule has 1 aromatic carbocycles. The first kappa shape index (κ1) is 10.3. The predicted molar refractivity (Wildman–Crippen MR) is 64.2 cm³/mol. The molecular formula is C14H19NO. The summed E-state index contributed by atoms with van der Waals surface area (Å²) in [4.78, 5) is 0. The van der Waals surface area contributed by atoms with Crippen LogP contribution in [0.3, 0.4) is 0 Å². The third kappa shape index (κ3) is 1.48. The van der Waals surface area contributed by atoms with Gasteiger partial charge >= 0.3 is 0 Å². The summed E-state index contributed by atoms with van der Waals surface area (Å²) in [5.74, 6) is 0.508. The highest BCUT2D eigenvalue weighted by Crippen LogP contribution is 2.41. The molecule has 2 nitrogen and oxygen atoms in total. The summed E-state index contributed by atoms with van der Waals surface area (Å²) < 4.78 is 5.51. The zero-order chi connectivity index (χ0) is 11.0. The van der Waals surface area contributed by atoms with Gasteiger partial charge in [-0.1, -0.05) is 24.3 Å². The minimum Gasteiger partial charge on any atom is -0.381 e. The van der Waals surface area contributed by atoms with Gasteiger partial charge in [0, 0.05) is 18.1 Å². The van der Waals surface area contributed by atoms with E-state index in [1.54, 1.807) is 0 Å². The SMILES string of the molecule is NC1(C2CCOC2)CCCc2ccccc21. The zero-order valence-electron chi connectivity index (χ0n) is 9.61. The summed E-state index contributed by atoms with van der Waals surface area (Å²) in [5.41, 5.74) is 9.38. The van der Waals surface area contributed by atoms with Gasteiger partial charge in [0.1, 0.15) is 0 Å². The number of hydrogen-bond donors (Lipinski definition) is 1. The number of nitrogens with two attached hydrogens (primary N) is 1. The quantitative estimate of drug-likeness (QED) is 0.782. The van der Waals surface area contributed by atoms with Crippen molar-refractivity contribution in [2.45, 2.75) is 31.2 Å². The van der Waals surface area contributed by atoms with Crippen LogP contribution in [0.4, 0.5) is 0 Å². The number of rotatable bonds is 1. The van der Waals surface area contributed by atoms with Crippen LogP contribution in [0.25, 0.3) is 0 Å². The molecule has 0 saturated carbocycles. The van der Waals surface area contributed by atoms with E-state index in [0.717, 1.165) is 26.1 Å². The smallest absolute Gasteiger partial charge is 0.0516 e. The molecule has 0 amide bonds. The first-order valence-electron chi connectivity index (χ1n) is 6.26.